The topological polar surface area (TPSA) is 88.5 Å². The standard InChI is InChI=1S/C12H18N2O4S/c1-5-8-13-7(6-19-8)9(10(15)16)14-11(17)18-12(2,3)4/h6,9H,5H2,1-4H3,(H,14,17)(H,15,16)/t9-/m1/s1. The van der Waals surface area contributed by atoms with Crippen molar-refractivity contribution < 1.29 is 19.4 Å². The van der Waals surface area contributed by atoms with Gasteiger partial charge in [-0.3, -0.25) is 0 Å². The van der Waals surface area contributed by atoms with Crippen LogP contribution in [0.15, 0.2) is 5.38 Å². The molecule has 1 rings (SSSR count). The zero-order valence-electron chi connectivity index (χ0n) is 11.4. The van der Waals surface area contributed by atoms with Gasteiger partial charge in [0, 0.05) is 5.38 Å². The van der Waals surface area contributed by atoms with E-state index < -0.39 is 23.7 Å². The molecule has 1 heterocycles. The van der Waals surface area contributed by atoms with E-state index in [1.807, 2.05) is 6.92 Å². The fourth-order valence-electron chi connectivity index (χ4n) is 1.31. The third kappa shape index (κ3) is 4.86. The lowest BCUT2D eigenvalue weighted by Crippen LogP contribution is -2.38. The molecule has 0 bridgehead atoms. The predicted octanol–water partition coefficient (Wildman–Crippen LogP) is 2.36. The number of nitrogens with one attached hydrogen (secondary N) is 1. The first kappa shape index (κ1) is 15.4. The molecule has 0 aliphatic heterocycles. The number of aromatic nitrogens is 1. The van der Waals surface area contributed by atoms with E-state index >= 15 is 0 Å². The first-order chi connectivity index (χ1) is 8.73. The molecular weight excluding hydrogens is 268 g/mol. The molecule has 1 aromatic rings. The molecule has 0 saturated carbocycles. The van der Waals surface area contributed by atoms with Crippen molar-refractivity contribution in [3.8, 4) is 0 Å². The quantitative estimate of drug-likeness (QED) is 0.887. The lowest BCUT2D eigenvalue weighted by atomic mass is 10.2. The molecule has 1 atom stereocenters. The number of ether oxygens (including phenoxy) is 1. The molecule has 6 nitrogen and oxygen atoms in total. The molecule has 0 fully saturated rings. The number of thiazole rings is 1. The number of rotatable bonds is 4. The van der Waals surface area contributed by atoms with Gasteiger partial charge < -0.3 is 15.2 Å². The van der Waals surface area contributed by atoms with Crippen molar-refractivity contribution in [2.24, 2.45) is 0 Å². The minimum absolute atomic E-state index is 0.320. The van der Waals surface area contributed by atoms with Crippen molar-refractivity contribution in [1.82, 2.24) is 10.3 Å². The van der Waals surface area contributed by atoms with Crippen LogP contribution in [0.25, 0.3) is 0 Å². The molecule has 1 amide bonds. The van der Waals surface area contributed by atoms with Gasteiger partial charge in [0.1, 0.15) is 5.60 Å². The predicted molar refractivity (Wildman–Crippen MR) is 71.2 cm³/mol. The average molecular weight is 286 g/mol. The molecule has 19 heavy (non-hydrogen) atoms. The van der Waals surface area contributed by atoms with Gasteiger partial charge in [-0.05, 0) is 27.2 Å². The van der Waals surface area contributed by atoms with Gasteiger partial charge in [0.25, 0.3) is 0 Å². The summed E-state index contributed by atoms with van der Waals surface area (Å²) in [5.41, 5.74) is -0.357. The number of hydrogen-bond donors (Lipinski definition) is 2. The second-order valence-corrected chi connectivity index (χ2v) is 5.88. The first-order valence-electron chi connectivity index (χ1n) is 5.89. The molecular formula is C12H18N2O4S. The highest BCUT2D eigenvalue weighted by atomic mass is 32.1. The second-order valence-electron chi connectivity index (χ2n) is 4.94. The number of alkyl carbamates (subject to hydrolysis) is 1. The number of hydrogen-bond acceptors (Lipinski definition) is 5. The smallest absolute Gasteiger partial charge is 0.408 e. The Balaban J connectivity index is 2.79. The number of carbonyl (C=O) groups excluding carboxylic acids is 1. The van der Waals surface area contributed by atoms with E-state index in [0.29, 0.717) is 5.69 Å². The van der Waals surface area contributed by atoms with Gasteiger partial charge in [-0.25, -0.2) is 14.6 Å². The summed E-state index contributed by atoms with van der Waals surface area (Å²) < 4.78 is 5.04. The Labute approximate surface area is 115 Å². The van der Waals surface area contributed by atoms with Crippen LogP contribution in [0.4, 0.5) is 4.79 Å². The molecule has 0 unspecified atom stereocenters. The summed E-state index contributed by atoms with van der Waals surface area (Å²) in [7, 11) is 0. The van der Waals surface area contributed by atoms with Gasteiger partial charge in [-0.15, -0.1) is 11.3 Å². The Bertz CT molecular complexity index is 465. The lowest BCUT2D eigenvalue weighted by Gasteiger charge is -2.21. The maximum absolute atomic E-state index is 11.6. The summed E-state index contributed by atoms with van der Waals surface area (Å²) >= 11 is 1.37. The van der Waals surface area contributed by atoms with Crippen LogP contribution in [0, 0.1) is 0 Å². The average Bonchev–Trinajstić information content (AvgIpc) is 2.71. The SMILES string of the molecule is CCc1nc([C@@H](NC(=O)OC(C)(C)C)C(=O)O)cs1. The highest BCUT2D eigenvalue weighted by Gasteiger charge is 2.27. The Morgan fingerprint density at radius 3 is 2.58 bits per heavy atom. The normalized spacial score (nSPS) is 12.8. The molecule has 2 N–H and O–H groups in total. The van der Waals surface area contributed by atoms with Crippen LogP contribution < -0.4 is 5.32 Å². The van der Waals surface area contributed by atoms with E-state index in [9.17, 15) is 9.59 Å². The maximum atomic E-state index is 11.6. The fourth-order valence-corrected chi connectivity index (χ4v) is 2.08. The molecule has 0 radical (unpaired) electrons. The third-order valence-electron chi connectivity index (χ3n) is 2.08. The summed E-state index contributed by atoms with van der Waals surface area (Å²) in [6.07, 6.45) is -0.0466. The second kappa shape index (κ2) is 6.01. The lowest BCUT2D eigenvalue weighted by molar-refractivity contribution is -0.139. The number of carboxylic acid groups (broad SMARTS) is 1. The van der Waals surface area contributed by atoms with E-state index in [0.717, 1.165) is 11.4 Å². The zero-order chi connectivity index (χ0) is 14.6. The van der Waals surface area contributed by atoms with E-state index in [4.69, 9.17) is 9.84 Å². The van der Waals surface area contributed by atoms with Crippen molar-refractivity contribution in [2.75, 3.05) is 0 Å². The summed E-state index contributed by atoms with van der Waals surface area (Å²) in [5.74, 6) is -1.17. The monoisotopic (exact) mass is 286 g/mol. The van der Waals surface area contributed by atoms with Crippen molar-refractivity contribution in [1.29, 1.82) is 0 Å². The van der Waals surface area contributed by atoms with Crippen molar-refractivity contribution >= 4 is 23.4 Å². The van der Waals surface area contributed by atoms with Crippen molar-refractivity contribution in [2.45, 2.75) is 45.8 Å². The Morgan fingerprint density at radius 2 is 2.16 bits per heavy atom. The van der Waals surface area contributed by atoms with Gasteiger partial charge in [0.2, 0.25) is 0 Å². The number of nitrogens with zero attached hydrogens (tertiary/aromatic N) is 1. The van der Waals surface area contributed by atoms with Gasteiger partial charge in [0.15, 0.2) is 6.04 Å². The van der Waals surface area contributed by atoms with Gasteiger partial charge in [0.05, 0.1) is 10.7 Å². The van der Waals surface area contributed by atoms with Crippen LogP contribution in [-0.4, -0.2) is 27.8 Å². The van der Waals surface area contributed by atoms with Crippen molar-refractivity contribution in [3.63, 3.8) is 0 Å². The molecule has 0 saturated heterocycles. The Morgan fingerprint density at radius 1 is 1.53 bits per heavy atom. The van der Waals surface area contributed by atoms with E-state index in [-0.39, 0.29) is 0 Å². The van der Waals surface area contributed by atoms with Crippen LogP contribution in [0.5, 0.6) is 0 Å². The Hall–Kier alpha value is -1.63. The first-order valence-corrected chi connectivity index (χ1v) is 6.77. The minimum Gasteiger partial charge on any atom is -0.479 e. The molecule has 0 aliphatic rings. The Kier molecular flexibility index (Phi) is 4.88. The van der Waals surface area contributed by atoms with Gasteiger partial charge >= 0.3 is 12.1 Å². The van der Waals surface area contributed by atoms with Crippen LogP contribution in [-0.2, 0) is 16.0 Å². The molecule has 7 heteroatoms. The molecule has 0 spiro atoms. The number of amides is 1. The molecule has 106 valence electrons. The summed E-state index contributed by atoms with van der Waals surface area (Å²) in [4.78, 5) is 27.0. The van der Waals surface area contributed by atoms with E-state index in [2.05, 4.69) is 10.3 Å². The molecule has 0 aromatic carbocycles. The molecule has 1 aromatic heterocycles. The number of aliphatic carboxylic acids is 1. The largest absolute Gasteiger partial charge is 0.479 e. The number of carboxylic acids is 1. The third-order valence-corrected chi connectivity index (χ3v) is 3.09. The number of aryl methyl sites for hydroxylation is 1. The maximum Gasteiger partial charge on any atom is 0.408 e. The summed E-state index contributed by atoms with van der Waals surface area (Å²) in [6, 6.07) is -1.19. The number of carbonyl (C=O) groups is 2. The van der Waals surface area contributed by atoms with Crippen molar-refractivity contribution in [3.05, 3.63) is 16.1 Å². The zero-order valence-corrected chi connectivity index (χ0v) is 12.2. The fraction of sp³-hybridized carbons (Fsp3) is 0.583. The van der Waals surface area contributed by atoms with Gasteiger partial charge in [-0.1, -0.05) is 6.92 Å². The minimum atomic E-state index is -1.19. The van der Waals surface area contributed by atoms with Crippen LogP contribution >= 0.6 is 11.3 Å². The summed E-state index contributed by atoms with van der Waals surface area (Å²) in [6.45, 7) is 7.06. The van der Waals surface area contributed by atoms with E-state index in [1.165, 1.54) is 11.3 Å². The van der Waals surface area contributed by atoms with Crippen LogP contribution in [0.1, 0.15) is 44.4 Å². The van der Waals surface area contributed by atoms with Crippen LogP contribution in [0.3, 0.4) is 0 Å². The highest BCUT2D eigenvalue weighted by molar-refractivity contribution is 7.09. The van der Waals surface area contributed by atoms with E-state index in [1.54, 1.807) is 26.2 Å². The highest BCUT2D eigenvalue weighted by Crippen LogP contribution is 2.18. The van der Waals surface area contributed by atoms with Crippen LogP contribution in [0.2, 0.25) is 0 Å². The van der Waals surface area contributed by atoms with Gasteiger partial charge in [-0.2, -0.15) is 0 Å². The molecule has 0 aliphatic carbocycles. The summed E-state index contributed by atoms with van der Waals surface area (Å²) in [5, 5.41) is 13.9.